The number of carbonyl (C=O) groups is 2. The van der Waals surface area contributed by atoms with Crippen molar-refractivity contribution in [3.8, 4) is 0 Å². The molecule has 0 spiro atoms. The first kappa shape index (κ1) is 28.9. The lowest BCUT2D eigenvalue weighted by molar-refractivity contribution is -0.148. The number of hydrogen-bond donors (Lipinski definition) is 2. The highest BCUT2D eigenvalue weighted by atomic mass is 35.5. The van der Waals surface area contributed by atoms with Crippen LogP contribution in [0, 0.1) is 11.3 Å². The lowest BCUT2D eigenvalue weighted by atomic mass is 9.95. The van der Waals surface area contributed by atoms with Crippen LogP contribution in [0.4, 0.5) is 11.4 Å². The molecule has 0 unspecified atom stereocenters. The number of alkyl halides is 1. The molecule has 202 valence electrons. The molecular formula is C27H36ClN3O5S. The summed E-state index contributed by atoms with van der Waals surface area (Å²) in [6.45, 7) is 8.21. The van der Waals surface area contributed by atoms with Gasteiger partial charge in [-0.25, -0.2) is 13.1 Å². The van der Waals surface area contributed by atoms with E-state index in [1.165, 1.54) is 6.07 Å². The molecule has 2 N–H and O–H groups in total. The molecule has 1 aliphatic rings. The second-order valence-electron chi connectivity index (χ2n) is 9.95. The van der Waals surface area contributed by atoms with Crippen LogP contribution in [0.2, 0.25) is 0 Å². The summed E-state index contributed by atoms with van der Waals surface area (Å²) in [5.74, 6) is -0.824. The molecule has 0 aliphatic carbocycles. The summed E-state index contributed by atoms with van der Waals surface area (Å²) in [6, 6.07) is 13.6. The summed E-state index contributed by atoms with van der Waals surface area (Å²) in [5.41, 5.74) is 0.801. The van der Waals surface area contributed by atoms with E-state index in [4.69, 9.17) is 16.3 Å². The summed E-state index contributed by atoms with van der Waals surface area (Å²) in [6.07, 6.45) is 1.40. The lowest BCUT2D eigenvalue weighted by Gasteiger charge is -2.34. The van der Waals surface area contributed by atoms with Crippen molar-refractivity contribution in [1.29, 1.82) is 0 Å². The maximum absolute atomic E-state index is 13.7. The summed E-state index contributed by atoms with van der Waals surface area (Å²) >= 11 is 5.95. The molecule has 1 aliphatic heterocycles. The molecule has 1 amide bonds. The van der Waals surface area contributed by atoms with Crippen LogP contribution in [0.25, 0.3) is 0 Å². The molecule has 1 heterocycles. The van der Waals surface area contributed by atoms with Crippen LogP contribution in [0.5, 0.6) is 0 Å². The molecule has 1 fully saturated rings. The maximum atomic E-state index is 13.7. The van der Waals surface area contributed by atoms with Gasteiger partial charge in [0.1, 0.15) is 4.90 Å². The number of esters is 1. The van der Waals surface area contributed by atoms with Gasteiger partial charge in [0, 0.05) is 30.7 Å². The molecule has 8 nitrogen and oxygen atoms in total. The van der Waals surface area contributed by atoms with Gasteiger partial charge < -0.3 is 15.0 Å². The first-order valence-electron chi connectivity index (χ1n) is 12.5. The summed E-state index contributed by atoms with van der Waals surface area (Å²) in [4.78, 5) is 27.1. The molecule has 0 bridgehead atoms. The molecule has 0 saturated carbocycles. The second kappa shape index (κ2) is 12.3. The largest absolute Gasteiger partial charge is 0.466 e. The monoisotopic (exact) mass is 549 g/mol. The average molecular weight is 550 g/mol. The van der Waals surface area contributed by atoms with E-state index in [1.807, 2.05) is 35.2 Å². The van der Waals surface area contributed by atoms with E-state index < -0.39 is 21.5 Å². The van der Waals surface area contributed by atoms with Gasteiger partial charge in [-0.1, -0.05) is 30.3 Å². The zero-order valence-electron chi connectivity index (χ0n) is 21.8. The highest BCUT2D eigenvalue weighted by molar-refractivity contribution is 7.89. The van der Waals surface area contributed by atoms with Crippen molar-refractivity contribution in [3.63, 3.8) is 0 Å². The van der Waals surface area contributed by atoms with Gasteiger partial charge in [-0.3, -0.25) is 9.59 Å². The van der Waals surface area contributed by atoms with Crippen LogP contribution in [0.1, 0.15) is 52.1 Å². The number of sulfonamides is 1. The molecule has 10 heteroatoms. The van der Waals surface area contributed by atoms with E-state index in [1.54, 1.807) is 39.8 Å². The Bertz CT molecular complexity index is 1200. The number of nitrogens with zero attached hydrogens (tertiary/aromatic N) is 1. The molecule has 2 aromatic rings. The Morgan fingerprint density at radius 2 is 1.89 bits per heavy atom. The SMILES string of the molecule is CCOC(=O)[C@H]1CCCN(c2ccc(NC(=O)C(C)(C)CCl)cc2S(=O)(=O)N[C@H](C)c2ccccc2)C1. The van der Waals surface area contributed by atoms with Crippen molar-refractivity contribution in [2.24, 2.45) is 11.3 Å². The van der Waals surface area contributed by atoms with E-state index in [0.717, 1.165) is 12.0 Å². The fourth-order valence-electron chi connectivity index (χ4n) is 4.18. The van der Waals surface area contributed by atoms with Crippen LogP contribution >= 0.6 is 11.6 Å². The minimum Gasteiger partial charge on any atom is -0.466 e. The highest BCUT2D eigenvalue weighted by Gasteiger charge is 2.32. The van der Waals surface area contributed by atoms with Crippen molar-refractivity contribution in [2.75, 3.05) is 35.8 Å². The Hall–Kier alpha value is -2.62. The Morgan fingerprint density at radius 1 is 1.19 bits per heavy atom. The van der Waals surface area contributed by atoms with Crippen LogP contribution in [-0.2, 0) is 24.3 Å². The highest BCUT2D eigenvalue weighted by Crippen LogP contribution is 2.33. The molecule has 37 heavy (non-hydrogen) atoms. The standard InChI is InChI=1S/C27H36ClN3O5S/c1-5-36-25(32)21-12-9-15-31(17-21)23-14-13-22(29-26(33)27(3,4)18-28)16-24(23)37(34,35)30-19(2)20-10-7-6-8-11-20/h6-8,10-11,13-14,16,19,21,30H,5,9,12,15,17-18H2,1-4H3,(H,29,33)/t19-,21+/m1/s1. The molecule has 2 atom stereocenters. The van der Waals surface area contributed by atoms with E-state index in [0.29, 0.717) is 37.5 Å². The van der Waals surface area contributed by atoms with E-state index >= 15 is 0 Å². The predicted octanol–water partition coefficient (Wildman–Crippen LogP) is 4.71. The summed E-state index contributed by atoms with van der Waals surface area (Å²) in [7, 11) is -4.02. The van der Waals surface area contributed by atoms with Gasteiger partial charge in [0.15, 0.2) is 0 Å². The van der Waals surface area contributed by atoms with Gasteiger partial charge >= 0.3 is 5.97 Å². The summed E-state index contributed by atoms with van der Waals surface area (Å²) in [5, 5.41) is 2.80. The van der Waals surface area contributed by atoms with Gasteiger partial charge in [-0.05, 0) is 64.3 Å². The van der Waals surface area contributed by atoms with Crippen LogP contribution in [0.3, 0.4) is 0 Å². The Morgan fingerprint density at radius 3 is 2.54 bits per heavy atom. The van der Waals surface area contributed by atoms with Crippen molar-refractivity contribution in [3.05, 3.63) is 54.1 Å². The second-order valence-corrected chi connectivity index (χ2v) is 11.9. The van der Waals surface area contributed by atoms with Crippen LogP contribution < -0.4 is 14.9 Å². The van der Waals surface area contributed by atoms with Crippen molar-refractivity contribution >= 4 is 44.9 Å². The Kier molecular flexibility index (Phi) is 9.61. The van der Waals surface area contributed by atoms with Gasteiger partial charge in [0.25, 0.3) is 0 Å². The van der Waals surface area contributed by atoms with E-state index in [-0.39, 0.29) is 28.6 Å². The Balaban J connectivity index is 1.99. The van der Waals surface area contributed by atoms with E-state index in [9.17, 15) is 18.0 Å². The molecule has 0 radical (unpaired) electrons. The average Bonchev–Trinajstić information content (AvgIpc) is 2.89. The van der Waals surface area contributed by atoms with Crippen molar-refractivity contribution in [2.45, 2.75) is 51.5 Å². The van der Waals surface area contributed by atoms with E-state index in [2.05, 4.69) is 10.0 Å². The smallest absolute Gasteiger partial charge is 0.310 e. The van der Waals surface area contributed by atoms with Crippen molar-refractivity contribution < 1.29 is 22.7 Å². The number of rotatable bonds is 10. The number of amides is 1. The van der Waals surface area contributed by atoms with Gasteiger partial charge in [-0.2, -0.15) is 0 Å². The number of benzene rings is 2. The Labute approximate surface area is 224 Å². The molecule has 0 aromatic heterocycles. The number of nitrogens with one attached hydrogen (secondary N) is 2. The third-order valence-corrected chi connectivity index (χ3v) is 8.71. The molecule has 3 rings (SSSR count). The number of ether oxygens (including phenoxy) is 1. The van der Waals surface area contributed by atoms with Gasteiger partial charge in [-0.15, -0.1) is 11.6 Å². The summed E-state index contributed by atoms with van der Waals surface area (Å²) < 4.78 is 35.4. The molecule has 1 saturated heterocycles. The first-order chi connectivity index (χ1) is 17.5. The third kappa shape index (κ3) is 7.24. The normalized spacial score (nSPS) is 17.2. The number of anilines is 2. The minimum atomic E-state index is -4.02. The van der Waals surface area contributed by atoms with Crippen molar-refractivity contribution in [1.82, 2.24) is 4.72 Å². The predicted molar refractivity (Wildman–Crippen MR) is 146 cm³/mol. The minimum absolute atomic E-state index is 0.0290. The number of piperidine rings is 1. The van der Waals surface area contributed by atoms with Crippen LogP contribution in [0.15, 0.2) is 53.4 Å². The van der Waals surface area contributed by atoms with Gasteiger partial charge in [0.05, 0.1) is 23.6 Å². The van der Waals surface area contributed by atoms with Gasteiger partial charge in [0.2, 0.25) is 15.9 Å². The number of halogens is 1. The molecule has 2 aromatic carbocycles. The topological polar surface area (TPSA) is 105 Å². The first-order valence-corrected chi connectivity index (χ1v) is 14.5. The maximum Gasteiger partial charge on any atom is 0.310 e. The molecular weight excluding hydrogens is 514 g/mol. The quantitative estimate of drug-likeness (QED) is 0.328. The number of hydrogen-bond acceptors (Lipinski definition) is 6. The fraction of sp³-hybridized carbons (Fsp3) is 0.481. The third-order valence-electron chi connectivity index (χ3n) is 6.47. The fourth-order valence-corrected chi connectivity index (χ4v) is 5.79. The zero-order valence-corrected chi connectivity index (χ0v) is 23.4. The lowest BCUT2D eigenvalue weighted by Crippen LogP contribution is -2.40. The van der Waals surface area contributed by atoms with Crippen LogP contribution in [-0.4, -0.2) is 45.9 Å². The zero-order chi connectivity index (χ0) is 27.2. The number of carbonyl (C=O) groups excluding carboxylic acids is 2.